The summed E-state index contributed by atoms with van der Waals surface area (Å²) >= 11 is 5.32. The number of carbonyl (C=O) groups is 1. The minimum absolute atomic E-state index is 0. The molecule has 2 aliphatic heterocycles. The number of nitrogens with one attached hydrogen (secondary N) is 1. The molecule has 2 aliphatic rings. The van der Waals surface area contributed by atoms with Gasteiger partial charge < -0.3 is 33.9 Å². The molecule has 0 radical (unpaired) electrons. The number of thiocarbonyl (C=S) groups is 1. The summed E-state index contributed by atoms with van der Waals surface area (Å²) in [6, 6.07) is 17.6. The lowest BCUT2D eigenvalue weighted by atomic mass is 10.1. The van der Waals surface area contributed by atoms with Gasteiger partial charge in [-0.3, -0.25) is 9.69 Å². The SMILES string of the molecule is Cc1c(F)cc(NC(=S)N(C)c2ccc(Oc3ccc4c(c3)cc(C(=O)N3CCN(Cc5ccc6c(c5)OCO6)CC3)n4C)nc2)c(F)c1F.Cl. The highest BCUT2D eigenvalue weighted by Gasteiger charge is 2.25. The maximum absolute atomic E-state index is 14.3. The van der Waals surface area contributed by atoms with Gasteiger partial charge in [-0.1, -0.05) is 6.07 Å². The average molecular weight is 739 g/mol. The van der Waals surface area contributed by atoms with Gasteiger partial charge in [-0.25, -0.2) is 18.2 Å². The third kappa shape index (κ3) is 7.25. The fourth-order valence-electron chi connectivity index (χ4n) is 6.01. The molecule has 1 amide bonds. The van der Waals surface area contributed by atoms with Crippen LogP contribution in [0.2, 0.25) is 0 Å². The summed E-state index contributed by atoms with van der Waals surface area (Å²) in [6.07, 6.45) is 1.50. The number of aryl methyl sites for hydroxylation is 1. The second kappa shape index (κ2) is 14.7. The number of piperazine rings is 1. The molecule has 0 saturated carbocycles. The molecule has 0 atom stereocenters. The standard InChI is InChI=1S/C36H33F3N6O4S.ClH/c1-21-26(37)17-27(34(39)33(21)38)41-36(50)42(2)24-5-9-32(40-18-24)49-25-6-7-28-23(15-25)16-29(43(28)3)35(46)45-12-10-44(11-13-45)19-22-4-8-30-31(14-22)48-20-47-30;/h4-9,14-18H,10-13,19-20H2,1-3H3,(H,41,50);1H. The molecule has 4 heterocycles. The van der Waals surface area contributed by atoms with Crippen molar-refractivity contribution < 1.29 is 32.2 Å². The van der Waals surface area contributed by atoms with Crippen LogP contribution in [0.15, 0.2) is 66.9 Å². The molecular formula is C36H34ClF3N6O4S. The number of ether oxygens (including phenoxy) is 3. The topological polar surface area (TPSA) is 84.3 Å². The van der Waals surface area contributed by atoms with Gasteiger partial charge in [-0.05, 0) is 67.2 Å². The monoisotopic (exact) mass is 738 g/mol. The van der Waals surface area contributed by atoms with Gasteiger partial charge in [0, 0.05) is 75.4 Å². The first kappa shape index (κ1) is 35.8. The fraction of sp³-hybridized carbons (Fsp3) is 0.250. The van der Waals surface area contributed by atoms with E-state index in [4.69, 9.17) is 26.4 Å². The summed E-state index contributed by atoms with van der Waals surface area (Å²) in [6.45, 7) is 4.94. The van der Waals surface area contributed by atoms with Crippen LogP contribution < -0.4 is 24.4 Å². The van der Waals surface area contributed by atoms with Crippen LogP contribution in [-0.4, -0.2) is 70.4 Å². The van der Waals surface area contributed by atoms with Crippen molar-refractivity contribution >= 4 is 57.9 Å². The van der Waals surface area contributed by atoms with E-state index in [0.717, 1.165) is 60.6 Å². The van der Waals surface area contributed by atoms with Crippen molar-refractivity contribution in [2.75, 3.05) is 50.2 Å². The number of halogens is 4. The fourth-order valence-corrected chi connectivity index (χ4v) is 6.23. The lowest BCUT2D eigenvalue weighted by molar-refractivity contribution is 0.0619. The number of aromatic nitrogens is 2. The number of benzene rings is 3. The van der Waals surface area contributed by atoms with Crippen LogP contribution in [-0.2, 0) is 13.6 Å². The van der Waals surface area contributed by atoms with Crippen molar-refractivity contribution in [1.82, 2.24) is 19.4 Å². The van der Waals surface area contributed by atoms with E-state index >= 15 is 0 Å². The van der Waals surface area contributed by atoms with Gasteiger partial charge >= 0.3 is 0 Å². The summed E-state index contributed by atoms with van der Waals surface area (Å²) in [7, 11) is 3.48. The van der Waals surface area contributed by atoms with Crippen LogP contribution in [0.25, 0.3) is 10.9 Å². The van der Waals surface area contributed by atoms with Gasteiger partial charge in [0.15, 0.2) is 28.2 Å². The predicted octanol–water partition coefficient (Wildman–Crippen LogP) is 7.03. The Morgan fingerprint density at radius 3 is 2.49 bits per heavy atom. The van der Waals surface area contributed by atoms with Crippen LogP contribution in [0.4, 0.5) is 24.5 Å². The van der Waals surface area contributed by atoms with Crippen LogP contribution in [0, 0.1) is 24.4 Å². The molecule has 15 heteroatoms. The van der Waals surface area contributed by atoms with E-state index in [2.05, 4.69) is 15.2 Å². The first-order valence-electron chi connectivity index (χ1n) is 15.9. The van der Waals surface area contributed by atoms with Crippen molar-refractivity contribution in [2.24, 2.45) is 7.05 Å². The second-order valence-corrected chi connectivity index (χ2v) is 12.6. The Kier molecular flexibility index (Phi) is 10.3. The van der Waals surface area contributed by atoms with Gasteiger partial charge in [-0.2, -0.15) is 0 Å². The lowest BCUT2D eigenvalue weighted by Gasteiger charge is -2.34. The number of fused-ring (bicyclic) bond motifs is 2. The number of carbonyl (C=O) groups excluding carboxylic acids is 1. The summed E-state index contributed by atoms with van der Waals surface area (Å²) in [5, 5.41) is 3.40. The number of pyridine rings is 1. The number of hydrogen-bond acceptors (Lipinski definition) is 7. The average Bonchev–Trinajstić information content (AvgIpc) is 3.73. The first-order valence-corrected chi connectivity index (χ1v) is 16.3. The normalized spacial score (nSPS) is 14.0. The molecule has 10 nitrogen and oxygen atoms in total. The Morgan fingerprint density at radius 1 is 0.980 bits per heavy atom. The molecule has 1 N–H and O–H groups in total. The number of anilines is 2. The highest BCUT2D eigenvalue weighted by Crippen LogP contribution is 2.33. The zero-order valence-electron chi connectivity index (χ0n) is 27.9. The summed E-state index contributed by atoms with van der Waals surface area (Å²) in [5.41, 5.74) is 2.33. The molecule has 0 bridgehead atoms. The number of nitrogens with zero attached hydrogens (tertiary/aromatic N) is 5. The Balaban J connectivity index is 0.00000448. The molecule has 1 saturated heterocycles. The molecular weight excluding hydrogens is 705 g/mol. The molecule has 0 aliphatic carbocycles. The highest BCUT2D eigenvalue weighted by atomic mass is 35.5. The van der Waals surface area contributed by atoms with E-state index in [9.17, 15) is 18.0 Å². The van der Waals surface area contributed by atoms with Gasteiger partial charge in [0.05, 0.1) is 17.6 Å². The largest absolute Gasteiger partial charge is 0.454 e. The number of hydrogen-bond donors (Lipinski definition) is 1. The van der Waals surface area contributed by atoms with Gasteiger partial charge in [0.1, 0.15) is 17.3 Å². The Labute approximate surface area is 303 Å². The summed E-state index contributed by atoms with van der Waals surface area (Å²) < 4.78 is 61.1. The van der Waals surface area contributed by atoms with Crippen LogP contribution in [0.5, 0.6) is 23.1 Å². The van der Waals surface area contributed by atoms with E-state index in [1.807, 2.05) is 52.9 Å². The highest BCUT2D eigenvalue weighted by molar-refractivity contribution is 7.80. The van der Waals surface area contributed by atoms with Crippen molar-refractivity contribution in [2.45, 2.75) is 13.5 Å². The zero-order chi connectivity index (χ0) is 35.1. The van der Waals surface area contributed by atoms with Crippen molar-refractivity contribution in [3.8, 4) is 23.1 Å². The van der Waals surface area contributed by atoms with E-state index in [0.29, 0.717) is 36.1 Å². The van der Waals surface area contributed by atoms with Gasteiger partial charge in [-0.15, -0.1) is 12.4 Å². The molecule has 7 rings (SSSR count). The van der Waals surface area contributed by atoms with Gasteiger partial charge in [0.25, 0.3) is 5.91 Å². The van der Waals surface area contributed by atoms with E-state index in [-0.39, 0.29) is 30.2 Å². The quantitative estimate of drug-likeness (QED) is 0.140. The maximum Gasteiger partial charge on any atom is 0.270 e. The zero-order valence-corrected chi connectivity index (χ0v) is 29.5. The van der Waals surface area contributed by atoms with Gasteiger partial charge in [0.2, 0.25) is 12.7 Å². The summed E-state index contributed by atoms with van der Waals surface area (Å²) in [4.78, 5) is 23.7. The van der Waals surface area contributed by atoms with E-state index < -0.39 is 28.7 Å². The first-order chi connectivity index (χ1) is 24.0. The third-order valence-corrected chi connectivity index (χ3v) is 9.38. The van der Waals surface area contributed by atoms with Crippen molar-refractivity contribution in [3.05, 3.63) is 101 Å². The van der Waals surface area contributed by atoms with E-state index in [1.54, 1.807) is 25.2 Å². The molecule has 5 aromatic rings. The molecule has 2 aromatic heterocycles. The summed E-state index contributed by atoms with van der Waals surface area (Å²) in [5.74, 6) is -1.04. The minimum atomic E-state index is -1.28. The van der Waals surface area contributed by atoms with Crippen LogP contribution in [0.3, 0.4) is 0 Å². The number of amides is 1. The lowest BCUT2D eigenvalue weighted by Crippen LogP contribution is -2.48. The molecule has 0 unspecified atom stereocenters. The minimum Gasteiger partial charge on any atom is -0.454 e. The molecule has 3 aromatic carbocycles. The second-order valence-electron chi connectivity index (χ2n) is 12.2. The number of rotatable bonds is 7. The van der Waals surface area contributed by atoms with Crippen molar-refractivity contribution in [3.63, 3.8) is 0 Å². The van der Waals surface area contributed by atoms with E-state index in [1.165, 1.54) is 11.1 Å². The smallest absolute Gasteiger partial charge is 0.270 e. The molecule has 1 fully saturated rings. The Bertz CT molecular complexity index is 2130. The van der Waals surface area contributed by atoms with Crippen LogP contribution in [0.1, 0.15) is 21.6 Å². The Hall–Kier alpha value is -5.05. The molecule has 266 valence electrons. The molecule has 51 heavy (non-hydrogen) atoms. The third-order valence-electron chi connectivity index (χ3n) is 9.00. The van der Waals surface area contributed by atoms with Crippen LogP contribution >= 0.6 is 24.6 Å². The maximum atomic E-state index is 14.3. The predicted molar refractivity (Wildman–Crippen MR) is 194 cm³/mol. The van der Waals surface area contributed by atoms with Crippen molar-refractivity contribution in [1.29, 1.82) is 0 Å². The Morgan fingerprint density at radius 2 is 1.75 bits per heavy atom. The molecule has 0 spiro atoms.